The van der Waals surface area contributed by atoms with Gasteiger partial charge in [-0.15, -0.1) is 0 Å². The smallest absolute Gasteiger partial charge is 0.224 e. The summed E-state index contributed by atoms with van der Waals surface area (Å²) in [5.41, 5.74) is 1.03. The first-order valence-electron chi connectivity index (χ1n) is 7.88. The van der Waals surface area contributed by atoms with E-state index in [0.717, 1.165) is 5.56 Å². The highest BCUT2D eigenvalue weighted by Crippen LogP contribution is 2.24. The van der Waals surface area contributed by atoms with Crippen LogP contribution in [0.25, 0.3) is 0 Å². The van der Waals surface area contributed by atoms with Crippen LogP contribution < -0.4 is 5.32 Å². The van der Waals surface area contributed by atoms with E-state index in [0.29, 0.717) is 43.6 Å². The molecule has 1 fully saturated rings. The Morgan fingerprint density at radius 1 is 1.29 bits per heavy atom. The normalized spacial score (nSPS) is 17.5. The number of hydrogen-bond acceptors (Lipinski definition) is 5. The largest absolute Gasteiger partial charge is 0.370 e. The Bertz CT molecular complexity index is 666. The molecule has 0 bridgehead atoms. The molecule has 24 heavy (non-hydrogen) atoms. The molecule has 1 amide bonds. The lowest BCUT2D eigenvalue weighted by atomic mass is 10.1. The number of ether oxygens (including phenoxy) is 1. The van der Waals surface area contributed by atoms with Crippen molar-refractivity contribution in [1.82, 2.24) is 14.9 Å². The lowest BCUT2D eigenvalue weighted by Gasteiger charge is -2.33. The van der Waals surface area contributed by atoms with Crippen molar-refractivity contribution in [3.63, 3.8) is 0 Å². The van der Waals surface area contributed by atoms with Gasteiger partial charge in [-0.3, -0.25) is 4.79 Å². The summed E-state index contributed by atoms with van der Waals surface area (Å²) in [6.07, 6.45) is 3.61. The predicted molar refractivity (Wildman–Crippen MR) is 91.9 cm³/mol. The van der Waals surface area contributed by atoms with Gasteiger partial charge in [0, 0.05) is 36.9 Å². The molecule has 2 aromatic rings. The molecule has 1 aromatic heterocycles. The summed E-state index contributed by atoms with van der Waals surface area (Å²) in [6, 6.07) is 9.31. The van der Waals surface area contributed by atoms with Gasteiger partial charge in [-0.25, -0.2) is 9.97 Å². The maximum atomic E-state index is 12.4. The van der Waals surface area contributed by atoms with E-state index in [1.54, 1.807) is 18.5 Å². The zero-order valence-corrected chi connectivity index (χ0v) is 13.9. The third kappa shape index (κ3) is 4.43. The molecular weight excluding hydrogens is 328 g/mol. The molecule has 0 unspecified atom stereocenters. The van der Waals surface area contributed by atoms with Crippen molar-refractivity contribution in [2.24, 2.45) is 0 Å². The van der Waals surface area contributed by atoms with Gasteiger partial charge in [-0.1, -0.05) is 23.7 Å². The molecule has 1 aliphatic heterocycles. The maximum Gasteiger partial charge on any atom is 0.224 e. The quantitative estimate of drug-likeness (QED) is 0.901. The van der Waals surface area contributed by atoms with E-state index in [1.165, 1.54) is 0 Å². The Hall–Kier alpha value is -2.18. The number of aromatic nitrogens is 2. The molecular formula is C17H19ClN4O2. The summed E-state index contributed by atoms with van der Waals surface area (Å²) >= 11 is 5.91. The zero-order chi connectivity index (χ0) is 16.8. The van der Waals surface area contributed by atoms with Gasteiger partial charge in [0.05, 0.1) is 13.2 Å². The molecule has 0 radical (unpaired) electrons. The van der Waals surface area contributed by atoms with E-state index < -0.39 is 0 Å². The highest BCUT2D eigenvalue weighted by atomic mass is 35.5. The van der Waals surface area contributed by atoms with Crippen LogP contribution in [-0.2, 0) is 9.53 Å². The Morgan fingerprint density at radius 2 is 2.04 bits per heavy atom. The Balaban J connectivity index is 1.50. The molecule has 2 heterocycles. The number of anilines is 1. The van der Waals surface area contributed by atoms with Crippen molar-refractivity contribution >= 4 is 23.5 Å². The number of amides is 1. The molecule has 3 rings (SSSR count). The van der Waals surface area contributed by atoms with E-state index in [-0.39, 0.29) is 12.0 Å². The molecule has 7 heteroatoms. The maximum absolute atomic E-state index is 12.4. The van der Waals surface area contributed by atoms with Crippen molar-refractivity contribution in [1.29, 1.82) is 0 Å². The molecule has 126 valence electrons. The van der Waals surface area contributed by atoms with Crippen molar-refractivity contribution in [2.75, 3.05) is 31.6 Å². The summed E-state index contributed by atoms with van der Waals surface area (Å²) in [6.45, 7) is 2.22. The lowest BCUT2D eigenvalue weighted by Crippen LogP contribution is -2.42. The summed E-state index contributed by atoms with van der Waals surface area (Å²) in [4.78, 5) is 22.4. The number of nitrogens with zero attached hydrogens (tertiary/aromatic N) is 3. The van der Waals surface area contributed by atoms with E-state index in [9.17, 15) is 4.79 Å². The lowest BCUT2D eigenvalue weighted by molar-refractivity contribution is -0.138. The number of nitrogens with one attached hydrogen (secondary N) is 1. The van der Waals surface area contributed by atoms with Gasteiger partial charge in [0.2, 0.25) is 11.9 Å². The molecule has 0 aliphatic carbocycles. The van der Waals surface area contributed by atoms with Crippen LogP contribution in [-0.4, -0.2) is 47.0 Å². The second-order valence-corrected chi connectivity index (χ2v) is 5.94. The Kier molecular flexibility index (Phi) is 5.61. The summed E-state index contributed by atoms with van der Waals surface area (Å²) in [5, 5.41) is 3.74. The summed E-state index contributed by atoms with van der Waals surface area (Å²) in [7, 11) is 0. The fourth-order valence-corrected chi connectivity index (χ4v) is 2.71. The molecule has 6 nitrogen and oxygen atoms in total. The van der Waals surface area contributed by atoms with Crippen molar-refractivity contribution in [3.8, 4) is 0 Å². The van der Waals surface area contributed by atoms with Crippen LogP contribution in [0.3, 0.4) is 0 Å². The average molecular weight is 347 g/mol. The van der Waals surface area contributed by atoms with Crippen molar-refractivity contribution < 1.29 is 9.53 Å². The fraction of sp³-hybridized carbons (Fsp3) is 0.353. The van der Waals surface area contributed by atoms with E-state index in [2.05, 4.69) is 15.3 Å². The van der Waals surface area contributed by atoms with Crippen LogP contribution in [0.1, 0.15) is 18.1 Å². The van der Waals surface area contributed by atoms with Crippen molar-refractivity contribution in [2.45, 2.75) is 12.5 Å². The number of rotatable bonds is 5. The van der Waals surface area contributed by atoms with Crippen molar-refractivity contribution in [3.05, 3.63) is 53.3 Å². The van der Waals surface area contributed by atoms with Crippen LogP contribution in [0, 0.1) is 0 Å². The minimum absolute atomic E-state index is 0.0979. The first-order valence-corrected chi connectivity index (χ1v) is 8.26. The third-order valence-electron chi connectivity index (χ3n) is 3.85. The Morgan fingerprint density at radius 3 is 2.79 bits per heavy atom. The SMILES string of the molecule is O=C(CCNc1ncccn1)N1CCO[C@H](c2ccc(Cl)cc2)C1. The Labute approximate surface area is 145 Å². The molecule has 0 saturated carbocycles. The summed E-state index contributed by atoms with van der Waals surface area (Å²) in [5.74, 6) is 0.631. The van der Waals surface area contributed by atoms with Gasteiger partial charge >= 0.3 is 0 Å². The number of hydrogen-bond donors (Lipinski definition) is 1. The second-order valence-electron chi connectivity index (χ2n) is 5.50. The van der Waals surface area contributed by atoms with Crippen LogP contribution in [0.15, 0.2) is 42.7 Å². The first kappa shape index (κ1) is 16.7. The molecule has 1 atom stereocenters. The number of halogens is 1. The zero-order valence-electron chi connectivity index (χ0n) is 13.2. The molecule has 1 N–H and O–H groups in total. The minimum Gasteiger partial charge on any atom is -0.370 e. The van der Waals surface area contributed by atoms with Gasteiger partial charge in [0.25, 0.3) is 0 Å². The summed E-state index contributed by atoms with van der Waals surface area (Å²) < 4.78 is 5.79. The number of morpholine rings is 1. The topological polar surface area (TPSA) is 67.4 Å². The standard InChI is InChI=1S/C17H19ClN4O2/c18-14-4-2-13(3-5-14)15-12-22(10-11-24-15)16(23)6-9-21-17-19-7-1-8-20-17/h1-5,7-8,15H,6,9-12H2,(H,19,20,21)/t15-/m0/s1. The second kappa shape index (κ2) is 8.08. The minimum atomic E-state index is -0.106. The van der Waals surface area contributed by atoms with Gasteiger partial charge in [0.1, 0.15) is 6.10 Å². The molecule has 1 aromatic carbocycles. The third-order valence-corrected chi connectivity index (χ3v) is 4.10. The van der Waals surface area contributed by atoms with E-state index >= 15 is 0 Å². The average Bonchev–Trinajstić information content (AvgIpc) is 2.63. The first-order chi connectivity index (χ1) is 11.7. The van der Waals surface area contributed by atoms with E-state index in [4.69, 9.17) is 16.3 Å². The van der Waals surface area contributed by atoms with Crippen LogP contribution in [0.2, 0.25) is 5.02 Å². The fourth-order valence-electron chi connectivity index (χ4n) is 2.58. The highest BCUT2D eigenvalue weighted by Gasteiger charge is 2.25. The monoisotopic (exact) mass is 346 g/mol. The number of carbonyl (C=O) groups excluding carboxylic acids is 1. The number of benzene rings is 1. The predicted octanol–water partition coefficient (Wildman–Crippen LogP) is 2.53. The number of carbonyl (C=O) groups is 1. The molecule has 1 saturated heterocycles. The molecule has 0 spiro atoms. The van der Waals surface area contributed by atoms with Gasteiger partial charge in [-0.2, -0.15) is 0 Å². The van der Waals surface area contributed by atoms with Crippen LogP contribution >= 0.6 is 11.6 Å². The van der Waals surface area contributed by atoms with E-state index in [1.807, 2.05) is 29.2 Å². The highest BCUT2D eigenvalue weighted by molar-refractivity contribution is 6.30. The van der Waals surface area contributed by atoms with Gasteiger partial charge in [0.15, 0.2) is 0 Å². The van der Waals surface area contributed by atoms with Crippen LogP contribution in [0.5, 0.6) is 0 Å². The van der Waals surface area contributed by atoms with Gasteiger partial charge < -0.3 is 15.0 Å². The van der Waals surface area contributed by atoms with Crippen LogP contribution in [0.4, 0.5) is 5.95 Å². The molecule has 1 aliphatic rings. The van der Waals surface area contributed by atoms with Gasteiger partial charge in [-0.05, 0) is 23.8 Å².